The van der Waals surface area contributed by atoms with Crippen molar-refractivity contribution in [2.45, 2.75) is 38.9 Å². The average molecular weight is 287 g/mol. The fraction of sp³-hybridized carbons (Fsp3) is 0.571. The number of alkyl halides is 3. The van der Waals surface area contributed by atoms with Crippen LogP contribution in [0.4, 0.5) is 13.2 Å². The van der Waals surface area contributed by atoms with Crippen molar-refractivity contribution in [2.75, 3.05) is 5.75 Å². The lowest BCUT2D eigenvalue weighted by atomic mass is 10.0. The molecule has 1 nitrogen and oxygen atoms in total. The second-order valence-electron chi connectivity index (χ2n) is 5.39. The van der Waals surface area contributed by atoms with Crippen molar-refractivity contribution in [3.05, 3.63) is 34.0 Å². The summed E-state index contributed by atoms with van der Waals surface area (Å²) in [6.45, 7) is 3.76. The Morgan fingerprint density at radius 3 is 2.58 bits per heavy atom. The first-order valence-corrected chi connectivity index (χ1v) is 7.46. The van der Waals surface area contributed by atoms with Crippen LogP contribution in [0.1, 0.15) is 26.7 Å². The Morgan fingerprint density at radius 2 is 2.00 bits per heavy atom. The van der Waals surface area contributed by atoms with Gasteiger partial charge in [-0.05, 0) is 50.3 Å². The molecule has 1 saturated carbocycles. The standard InChI is InChI=1S/C14H16F3NS/c1-8-7-9(2)18(11-5-6-19-12(8)11)13(10-3-4-10)14(15,16)17/h5,7,10,13H,3-4,6H2,1-2H3. The van der Waals surface area contributed by atoms with E-state index in [1.165, 1.54) is 4.90 Å². The predicted octanol–water partition coefficient (Wildman–Crippen LogP) is 4.45. The summed E-state index contributed by atoms with van der Waals surface area (Å²) < 4.78 is 40.2. The Morgan fingerprint density at radius 1 is 1.32 bits per heavy atom. The molecule has 1 unspecified atom stereocenters. The van der Waals surface area contributed by atoms with E-state index in [-0.39, 0.29) is 5.92 Å². The molecule has 1 atom stereocenters. The van der Waals surface area contributed by atoms with Crippen LogP contribution in [0, 0.1) is 5.92 Å². The van der Waals surface area contributed by atoms with Crippen molar-refractivity contribution >= 4 is 11.8 Å². The van der Waals surface area contributed by atoms with Crippen LogP contribution in [0.3, 0.4) is 0 Å². The lowest BCUT2D eigenvalue weighted by Gasteiger charge is -2.39. The van der Waals surface area contributed by atoms with Gasteiger partial charge in [0, 0.05) is 16.4 Å². The van der Waals surface area contributed by atoms with Gasteiger partial charge in [-0.1, -0.05) is 0 Å². The number of allylic oxidation sites excluding steroid dienone is 3. The van der Waals surface area contributed by atoms with Crippen molar-refractivity contribution in [1.29, 1.82) is 0 Å². The van der Waals surface area contributed by atoms with Crippen molar-refractivity contribution in [3.8, 4) is 0 Å². The van der Waals surface area contributed by atoms with Crippen LogP contribution in [0.25, 0.3) is 0 Å². The highest BCUT2D eigenvalue weighted by molar-refractivity contribution is 8.03. The lowest BCUT2D eigenvalue weighted by molar-refractivity contribution is -0.179. The van der Waals surface area contributed by atoms with Crippen molar-refractivity contribution in [3.63, 3.8) is 0 Å². The van der Waals surface area contributed by atoms with E-state index in [2.05, 4.69) is 0 Å². The molecule has 0 aromatic rings. The van der Waals surface area contributed by atoms with E-state index in [0.717, 1.165) is 21.9 Å². The predicted molar refractivity (Wildman–Crippen MR) is 71.4 cm³/mol. The van der Waals surface area contributed by atoms with E-state index in [1.54, 1.807) is 18.7 Å². The van der Waals surface area contributed by atoms with Gasteiger partial charge in [0.05, 0.1) is 5.70 Å². The third-order valence-electron chi connectivity index (χ3n) is 3.84. The fourth-order valence-electron chi connectivity index (χ4n) is 2.94. The highest BCUT2D eigenvalue weighted by atomic mass is 32.2. The Labute approximate surface area is 115 Å². The second-order valence-corrected chi connectivity index (χ2v) is 6.42. The zero-order valence-corrected chi connectivity index (χ0v) is 11.7. The number of rotatable bonds is 2. The monoisotopic (exact) mass is 287 g/mol. The summed E-state index contributed by atoms with van der Waals surface area (Å²) in [6.07, 6.45) is 1.02. The maximum atomic E-state index is 13.4. The first-order valence-electron chi connectivity index (χ1n) is 6.48. The zero-order valence-electron chi connectivity index (χ0n) is 10.9. The van der Waals surface area contributed by atoms with Gasteiger partial charge in [-0.25, -0.2) is 0 Å². The minimum absolute atomic E-state index is 0.241. The maximum absolute atomic E-state index is 13.4. The van der Waals surface area contributed by atoms with Crippen molar-refractivity contribution < 1.29 is 13.2 Å². The van der Waals surface area contributed by atoms with Gasteiger partial charge in [0.15, 0.2) is 0 Å². The van der Waals surface area contributed by atoms with Crippen LogP contribution in [0.5, 0.6) is 0 Å². The molecule has 0 aromatic carbocycles. The number of hydrogen-bond acceptors (Lipinski definition) is 2. The van der Waals surface area contributed by atoms with Crippen LogP contribution in [0.2, 0.25) is 0 Å². The Balaban J connectivity index is 2.02. The second kappa shape index (κ2) is 4.33. The molecule has 0 aromatic heterocycles. The highest BCUT2D eigenvalue weighted by Gasteiger charge is 2.53. The average Bonchev–Trinajstić information content (AvgIpc) is 2.98. The molecule has 0 saturated heterocycles. The molecule has 1 fully saturated rings. The molecular formula is C14H16F3NS. The van der Waals surface area contributed by atoms with Gasteiger partial charge < -0.3 is 4.90 Å². The van der Waals surface area contributed by atoms with E-state index in [9.17, 15) is 13.2 Å². The molecule has 3 rings (SSSR count). The number of thioether (sulfide) groups is 1. The van der Waals surface area contributed by atoms with Crippen LogP contribution in [0.15, 0.2) is 34.0 Å². The van der Waals surface area contributed by atoms with Crippen LogP contribution >= 0.6 is 11.8 Å². The Bertz CT molecular complexity index is 497. The maximum Gasteiger partial charge on any atom is 0.409 e. The summed E-state index contributed by atoms with van der Waals surface area (Å²) in [4.78, 5) is 2.54. The highest BCUT2D eigenvalue weighted by Crippen LogP contribution is 2.50. The molecule has 3 aliphatic rings. The molecule has 0 bridgehead atoms. The fourth-order valence-corrected chi connectivity index (χ4v) is 3.96. The van der Waals surface area contributed by atoms with E-state index in [0.29, 0.717) is 18.5 Å². The zero-order chi connectivity index (χ0) is 13.8. The molecule has 1 aliphatic carbocycles. The van der Waals surface area contributed by atoms with Gasteiger partial charge in [0.1, 0.15) is 6.04 Å². The van der Waals surface area contributed by atoms with Gasteiger partial charge in [-0.3, -0.25) is 0 Å². The first-order chi connectivity index (χ1) is 8.89. The van der Waals surface area contributed by atoms with Crippen LogP contribution in [-0.2, 0) is 0 Å². The minimum Gasteiger partial charge on any atom is -0.332 e. The summed E-state index contributed by atoms with van der Waals surface area (Å²) in [7, 11) is 0. The first kappa shape index (κ1) is 13.2. The summed E-state index contributed by atoms with van der Waals surface area (Å²) in [5.74, 6) is 0.531. The van der Waals surface area contributed by atoms with Crippen LogP contribution < -0.4 is 0 Å². The smallest absolute Gasteiger partial charge is 0.332 e. The third kappa shape index (κ3) is 2.22. The summed E-state index contributed by atoms with van der Waals surface area (Å²) in [6, 6.07) is -1.35. The third-order valence-corrected chi connectivity index (χ3v) is 5.00. The quantitative estimate of drug-likeness (QED) is 0.738. The van der Waals surface area contributed by atoms with E-state index in [1.807, 2.05) is 19.1 Å². The molecule has 2 heterocycles. The summed E-state index contributed by atoms with van der Waals surface area (Å²) in [5.41, 5.74) is 2.57. The van der Waals surface area contributed by atoms with Crippen molar-refractivity contribution in [1.82, 2.24) is 4.90 Å². The van der Waals surface area contributed by atoms with Gasteiger partial charge in [0.25, 0.3) is 0 Å². The largest absolute Gasteiger partial charge is 0.409 e. The molecule has 19 heavy (non-hydrogen) atoms. The van der Waals surface area contributed by atoms with E-state index < -0.39 is 12.2 Å². The summed E-state index contributed by atoms with van der Waals surface area (Å²) in [5, 5.41) is 0. The molecule has 0 radical (unpaired) electrons. The van der Waals surface area contributed by atoms with Gasteiger partial charge in [0.2, 0.25) is 0 Å². The van der Waals surface area contributed by atoms with Gasteiger partial charge in [-0.15, -0.1) is 11.8 Å². The van der Waals surface area contributed by atoms with Gasteiger partial charge >= 0.3 is 6.18 Å². The lowest BCUT2D eigenvalue weighted by Crippen LogP contribution is -2.46. The van der Waals surface area contributed by atoms with Gasteiger partial charge in [-0.2, -0.15) is 13.2 Å². The van der Waals surface area contributed by atoms with E-state index >= 15 is 0 Å². The topological polar surface area (TPSA) is 3.24 Å². The molecule has 104 valence electrons. The normalized spacial score (nSPS) is 25.2. The number of fused-ring (bicyclic) bond motifs is 1. The number of hydrogen-bond donors (Lipinski definition) is 0. The molecular weight excluding hydrogens is 271 g/mol. The van der Waals surface area contributed by atoms with E-state index in [4.69, 9.17) is 0 Å². The Hall–Kier alpha value is -0.840. The molecule has 0 amide bonds. The SMILES string of the molecule is CC1=CC(C)=C2SCC=C2N1C(C1CC1)C(F)(F)F. The molecule has 5 heteroatoms. The minimum atomic E-state index is -4.17. The van der Waals surface area contributed by atoms with Crippen LogP contribution in [-0.4, -0.2) is 22.9 Å². The number of halogens is 3. The van der Waals surface area contributed by atoms with Crippen molar-refractivity contribution in [2.24, 2.45) is 5.92 Å². The molecule has 0 N–H and O–H groups in total. The molecule has 0 spiro atoms. The summed E-state index contributed by atoms with van der Waals surface area (Å²) >= 11 is 1.63. The number of nitrogens with zero attached hydrogens (tertiary/aromatic N) is 1. The molecule has 2 aliphatic heterocycles. The Kier molecular flexibility index (Phi) is 3.00.